The van der Waals surface area contributed by atoms with E-state index in [1.165, 1.54) is 18.4 Å². The van der Waals surface area contributed by atoms with Crippen molar-refractivity contribution in [3.8, 4) is 0 Å². The number of likely N-dealkylation sites (tertiary alicyclic amines) is 1. The molecule has 3 rings (SSSR count). The van der Waals surface area contributed by atoms with Crippen molar-refractivity contribution in [1.29, 1.82) is 0 Å². The summed E-state index contributed by atoms with van der Waals surface area (Å²) in [5.74, 6) is 2.14. The second kappa shape index (κ2) is 7.05. The van der Waals surface area contributed by atoms with Crippen molar-refractivity contribution in [2.24, 2.45) is 0 Å². The molecule has 0 unspecified atom stereocenters. The average Bonchev–Trinajstić information content (AvgIpc) is 3.00. The highest BCUT2D eigenvalue weighted by Crippen LogP contribution is 2.24. The van der Waals surface area contributed by atoms with Crippen LogP contribution in [0.2, 0.25) is 0 Å². The maximum absolute atomic E-state index is 4.72. The van der Waals surface area contributed by atoms with E-state index in [1.807, 2.05) is 0 Å². The number of piperidine rings is 1. The van der Waals surface area contributed by atoms with Crippen LogP contribution in [0.4, 0.5) is 0 Å². The van der Waals surface area contributed by atoms with Crippen molar-refractivity contribution in [3.05, 3.63) is 47.5 Å². The number of benzene rings is 1. The van der Waals surface area contributed by atoms with E-state index in [1.54, 1.807) is 0 Å². The summed E-state index contributed by atoms with van der Waals surface area (Å²) in [4.78, 5) is 7.20. The third-order valence-electron chi connectivity index (χ3n) is 4.53. The lowest BCUT2D eigenvalue weighted by atomic mass is 10.0. The molecule has 2 aromatic rings. The number of hydrogen-bond acceptors (Lipinski definition) is 3. The Labute approximate surface area is 133 Å². The molecule has 1 aliphatic rings. The van der Waals surface area contributed by atoms with Gasteiger partial charge in [0.05, 0.1) is 6.04 Å². The van der Waals surface area contributed by atoms with E-state index in [-0.39, 0.29) is 0 Å². The van der Waals surface area contributed by atoms with Gasteiger partial charge in [-0.15, -0.1) is 0 Å². The Hall–Kier alpha value is -1.68. The molecular weight excluding hydrogens is 272 g/mol. The quantitative estimate of drug-likeness (QED) is 0.850. The van der Waals surface area contributed by atoms with Gasteiger partial charge in [0.1, 0.15) is 5.82 Å². The highest BCUT2D eigenvalue weighted by Gasteiger charge is 2.23. The Balaban J connectivity index is 1.61. The lowest BCUT2D eigenvalue weighted by Crippen LogP contribution is -2.35. The summed E-state index contributed by atoms with van der Waals surface area (Å²) >= 11 is 0. The number of aromatic nitrogens is 3. The Bertz CT molecular complexity index is 582. The van der Waals surface area contributed by atoms with Gasteiger partial charge in [-0.3, -0.25) is 4.90 Å². The van der Waals surface area contributed by atoms with Crippen molar-refractivity contribution in [1.82, 2.24) is 19.7 Å². The molecule has 0 atom stereocenters. The van der Waals surface area contributed by atoms with Crippen molar-refractivity contribution in [2.75, 3.05) is 13.1 Å². The molecule has 0 aliphatic carbocycles. The standard InChI is InChI=1S/C18H26N4/c1-3-17-19-18(4-2)22(20-17)16-10-12-21(13-11-16)14-15-8-6-5-7-9-15/h5-9,16H,3-4,10-14H2,1-2H3. The first-order chi connectivity index (χ1) is 10.8. The van der Waals surface area contributed by atoms with Crippen LogP contribution in [0.3, 0.4) is 0 Å². The van der Waals surface area contributed by atoms with Gasteiger partial charge in [-0.25, -0.2) is 9.67 Å². The maximum atomic E-state index is 4.72. The number of rotatable bonds is 5. The predicted molar refractivity (Wildman–Crippen MR) is 88.8 cm³/mol. The smallest absolute Gasteiger partial charge is 0.150 e. The Morgan fingerprint density at radius 2 is 1.77 bits per heavy atom. The highest BCUT2D eigenvalue weighted by atomic mass is 15.4. The molecule has 1 aromatic carbocycles. The molecule has 0 N–H and O–H groups in total. The van der Waals surface area contributed by atoms with Gasteiger partial charge >= 0.3 is 0 Å². The normalized spacial score (nSPS) is 17.0. The van der Waals surface area contributed by atoms with Gasteiger partial charge in [0, 0.05) is 32.5 Å². The topological polar surface area (TPSA) is 34.0 Å². The molecule has 118 valence electrons. The number of hydrogen-bond donors (Lipinski definition) is 0. The summed E-state index contributed by atoms with van der Waals surface area (Å²) in [7, 11) is 0. The van der Waals surface area contributed by atoms with Gasteiger partial charge in [-0.05, 0) is 18.4 Å². The minimum atomic E-state index is 0.523. The van der Waals surface area contributed by atoms with Crippen molar-refractivity contribution in [3.63, 3.8) is 0 Å². The first kappa shape index (κ1) is 15.2. The molecule has 0 amide bonds. The fraction of sp³-hybridized carbons (Fsp3) is 0.556. The van der Waals surface area contributed by atoms with Crippen LogP contribution in [-0.4, -0.2) is 32.8 Å². The molecule has 4 heteroatoms. The first-order valence-corrected chi connectivity index (χ1v) is 8.50. The van der Waals surface area contributed by atoms with E-state index in [9.17, 15) is 0 Å². The Kier molecular flexibility index (Phi) is 4.88. The molecule has 22 heavy (non-hydrogen) atoms. The molecule has 1 fully saturated rings. The van der Waals surface area contributed by atoms with Crippen LogP contribution in [0, 0.1) is 0 Å². The predicted octanol–water partition coefficient (Wildman–Crippen LogP) is 3.24. The molecular formula is C18H26N4. The molecule has 2 heterocycles. The van der Waals surface area contributed by atoms with Gasteiger partial charge in [-0.2, -0.15) is 5.10 Å². The monoisotopic (exact) mass is 298 g/mol. The molecule has 0 saturated carbocycles. The zero-order valence-electron chi connectivity index (χ0n) is 13.7. The van der Waals surface area contributed by atoms with Gasteiger partial charge < -0.3 is 0 Å². The summed E-state index contributed by atoms with van der Waals surface area (Å²) in [6.45, 7) is 7.64. The third kappa shape index (κ3) is 3.38. The summed E-state index contributed by atoms with van der Waals surface area (Å²) < 4.78 is 2.21. The fourth-order valence-electron chi connectivity index (χ4n) is 3.25. The van der Waals surface area contributed by atoms with E-state index in [2.05, 4.69) is 58.7 Å². The van der Waals surface area contributed by atoms with Gasteiger partial charge in [0.2, 0.25) is 0 Å². The van der Waals surface area contributed by atoms with Crippen LogP contribution < -0.4 is 0 Å². The highest BCUT2D eigenvalue weighted by molar-refractivity contribution is 5.14. The SMILES string of the molecule is CCc1nc(CC)n(C2CCN(Cc3ccccc3)CC2)n1. The molecule has 4 nitrogen and oxygen atoms in total. The lowest BCUT2D eigenvalue weighted by molar-refractivity contribution is 0.171. The second-order valence-corrected chi connectivity index (χ2v) is 6.09. The zero-order chi connectivity index (χ0) is 15.4. The maximum Gasteiger partial charge on any atom is 0.150 e. The molecule has 0 radical (unpaired) electrons. The minimum absolute atomic E-state index is 0.523. The lowest BCUT2D eigenvalue weighted by Gasteiger charge is -2.32. The Morgan fingerprint density at radius 3 is 2.41 bits per heavy atom. The summed E-state index contributed by atoms with van der Waals surface area (Å²) in [5.41, 5.74) is 1.41. The summed E-state index contributed by atoms with van der Waals surface area (Å²) in [5, 5.41) is 4.72. The van der Waals surface area contributed by atoms with E-state index in [0.29, 0.717) is 6.04 Å². The summed E-state index contributed by atoms with van der Waals surface area (Å²) in [6, 6.07) is 11.3. The van der Waals surface area contributed by atoms with Crippen LogP contribution >= 0.6 is 0 Å². The van der Waals surface area contributed by atoms with Crippen molar-refractivity contribution < 1.29 is 0 Å². The van der Waals surface area contributed by atoms with Gasteiger partial charge in [-0.1, -0.05) is 44.2 Å². The van der Waals surface area contributed by atoms with Crippen LogP contribution in [-0.2, 0) is 19.4 Å². The van der Waals surface area contributed by atoms with Crippen LogP contribution in [0.15, 0.2) is 30.3 Å². The van der Waals surface area contributed by atoms with Crippen LogP contribution in [0.1, 0.15) is 49.9 Å². The average molecular weight is 298 g/mol. The molecule has 0 spiro atoms. The van der Waals surface area contributed by atoms with Gasteiger partial charge in [0.15, 0.2) is 5.82 Å². The molecule has 1 aliphatic heterocycles. The number of nitrogens with zero attached hydrogens (tertiary/aromatic N) is 4. The van der Waals surface area contributed by atoms with E-state index in [0.717, 1.165) is 44.1 Å². The molecule has 1 saturated heterocycles. The van der Waals surface area contributed by atoms with Crippen LogP contribution in [0.5, 0.6) is 0 Å². The van der Waals surface area contributed by atoms with Gasteiger partial charge in [0.25, 0.3) is 0 Å². The largest absolute Gasteiger partial charge is 0.299 e. The summed E-state index contributed by atoms with van der Waals surface area (Å²) in [6.07, 6.45) is 4.24. The van der Waals surface area contributed by atoms with Crippen molar-refractivity contribution in [2.45, 2.75) is 52.1 Å². The number of aryl methyl sites for hydroxylation is 2. The van der Waals surface area contributed by atoms with Crippen molar-refractivity contribution >= 4 is 0 Å². The second-order valence-electron chi connectivity index (χ2n) is 6.09. The molecule has 0 bridgehead atoms. The van der Waals surface area contributed by atoms with E-state index in [4.69, 9.17) is 5.10 Å². The first-order valence-electron chi connectivity index (χ1n) is 8.50. The Morgan fingerprint density at radius 1 is 1.05 bits per heavy atom. The fourth-order valence-corrected chi connectivity index (χ4v) is 3.25. The minimum Gasteiger partial charge on any atom is -0.299 e. The zero-order valence-corrected chi connectivity index (χ0v) is 13.7. The third-order valence-corrected chi connectivity index (χ3v) is 4.53. The van der Waals surface area contributed by atoms with Crippen LogP contribution in [0.25, 0.3) is 0 Å². The van der Waals surface area contributed by atoms with E-state index < -0.39 is 0 Å². The van der Waals surface area contributed by atoms with E-state index >= 15 is 0 Å². The molecule has 1 aromatic heterocycles.